The molecule has 0 bridgehead atoms. The molecule has 21 heavy (non-hydrogen) atoms. The summed E-state index contributed by atoms with van der Waals surface area (Å²) in [6.07, 6.45) is 3.17. The van der Waals surface area contributed by atoms with Crippen molar-refractivity contribution < 1.29 is 8.42 Å². The average molecular weight is 308 g/mol. The highest BCUT2D eigenvalue weighted by atomic mass is 32.2. The molecule has 2 aromatic rings. The Hall–Kier alpha value is -1.89. The summed E-state index contributed by atoms with van der Waals surface area (Å²) in [6, 6.07) is 3.46. The van der Waals surface area contributed by atoms with Crippen molar-refractivity contribution in [3.05, 3.63) is 35.9 Å². The molecule has 0 spiro atoms. The SMILES string of the molecule is CCN(c1cccnc1)S(=O)(=O)c1c(C)nn(CC)c1C. The zero-order valence-electron chi connectivity index (χ0n) is 12.7. The van der Waals surface area contributed by atoms with Gasteiger partial charge in [-0.3, -0.25) is 14.0 Å². The van der Waals surface area contributed by atoms with Gasteiger partial charge in [-0.25, -0.2) is 8.42 Å². The highest BCUT2D eigenvalue weighted by molar-refractivity contribution is 7.93. The Kier molecular flexibility index (Phi) is 4.32. The minimum atomic E-state index is -3.64. The van der Waals surface area contributed by atoms with Crippen molar-refractivity contribution in [2.75, 3.05) is 10.8 Å². The monoisotopic (exact) mass is 308 g/mol. The van der Waals surface area contributed by atoms with Crippen molar-refractivity contribution in [1.29, 1.82) is 0 Å². The van der Waals surface area contributed by atoms with E-state index in [4.69, 9.17) is 0 Å². The van der Waals surface area contributed by atoms with Gasteiger partial charge in [0.1, 0.15) is 4.90 Å². The van der Waals surface area contributed by atoms with E-state index in [-0.39, 0.29) is 4.90 Å². The van der Waals surface area contributed by atoms with E-state index in [1.165, 1.54) is 4.31 Å². The molecule has 2 aromatic heterocycles. The van der Waals surface area contributed by atoms with Gasteiger partial charge in [-0.1, -0.05) is 0 Å². The van der Waals surface area contributed by atoms with Gasteiger partial charge in [-0.15, -0.1) is 0 Å². The molecule has 0 N–H and O–H groups in total. The van der Waals surface area contributed by atoms with E-state index in [1.807, 2.05) is 6.92 Å². The topological polar surface area (TPSA) is 68.1 Å². The maximum absolute atomic E-state index is 13.0. The molecule has 7 heteroatoms. The van der Waals surface area contributed by atoms with Gasteiger partial charge < -0.3 is 0 Å². The van der Waals surface area contributed by atoms with E-state index in [0.717, 1.165) is 0 Å². The van der Waals surface area contributed by atoms with E-state index < -0.39 is 10.0 Å². The van der Waals surface area contributed by atoms with Gasteiger partial charge in [0, 0.05) is 19.3 Å². The molecular formula is C14H20N4O2S. The minimum Gasteiger partial charge on any atom is -0.268 e. The van der Waals surface area contributed by atoms with E-state index in [1.54, 1.807) is 50.0 Å². The zero-order valence-corrected chi connectivity index (χ0v) is 13.6. The van der Waals surface area contributed by atoms with Crippen molar-refractivity contribution in [3.63, 3.8) is 0 Å². The third kappa shape index (κ3) is 2.65. The number of anilines is 1. The molecule has 0 unspecified atom stereocenters. The van der Waals surface area contributed by atoms with Crippen LogP contribution in [0.5, 0.6) is 0 Å². The Labute approximate surface area is 125 Å². The molecule has 0 aromatic carbocycles. The Bertz CT molecular complexity index is 723. The summed E-state index contributed by atoms with van der Waals surface area (Å²) in [5, 5.41) is 4.30. The Morgan fingerprint density at radius 3 is 2.48 bits per heavy atom. The summed E-state index contributed by atoms with van der Waals surface area (Å²) in [7, 11) is -3.64. The van der Waals surface area contributed by atoms with Crippen molar-refractivity contribution in [1.82, 2.24) is 14.8 Å². The second kappa shape index (κ2) is 5.85. The first-order valence-electron chi connectivity index (χ1n) is 6.90. The van der Waals surface area contributed by atoms with Gasteiger partial charge in [0.15, 0.2) is 0 Å². The minimum absolute atomic E-state index is 0.287. The first kappa shape index (κ1) is 15.5. The van der Waals surface area contributed by atoms with Crippen LogP contribution in [0.2, 0.25) is 0 Å². The summed E-state index contributed by atoms with van der Waals surface area (Å²) in [5.41, 5.74) is 1.75. The standard InChI is InChI=1S/C14H20N4O2S/c1-5-17-12(4)14(11(3)16-17)21(19,20)18(6-2)13-8-7-9-15-10-13/h7-10H,5-6H2,1-4H3. The largest absolute Gasteiger partial charge is 0.268 e. The molecule has 0 saturated heterocycles. The zero-order chi connectivity index (χ0) is 15.6. The maximum Gasteiger partial charge on any atom is 0.268 e. The molecule has 2 rings (SSSR count). The number of nitrogens with zero attached hydrogens (tertiary/aromatic N) is 4. The molecule has 0 aliphatic heterocycles. The summed E-state index contributed by atoms with van der Waals surface area (Å²) in [5.74, 6) is 0. The van der Waals surface area contributed by atoms with Crippen LogP contribution in [-0.2, 0) is 16.6 Å². The van der Waals surface area contributed by atoms with Crippen LogP contribution in [-0.4, -0.2) is 29.7 Å². The van der Waals surface area contributed by atoms with Gasteiger partial charge >= 0.3 is 0 Å². The van der Waals surface area contributed by atoms with Crippen molar-refractivity contribution >= 4 is 15.7 Å². The molecule has 0 aliphatic rings. The van der Waals surface area contributed by atoms with Gasteiger partial charge in [-0.2, -0.15) is 5.10 Å². The molecule has 2 heterocycles. The lowest BCUT2D eigenvalue weighted by atomic mass is 10.4. The van der Waals surface area contributed by atoms with Crippen LogP contribution < -0.4 is 4.31 Å². The average Bonchev–Trinajstić information content (AvgIpc) is 2.75. The summed E-state index contributed by atoms with van der Waals surface area (Å²) < 4.78 is 29.0. The quantitative estimate of drug-likeness (QED) is 0.848. The van der Waals surface area contributed by atoms with Gasteiger partial charge in [0.2, 0.25) is 0 Å². The predicted octanol–water partition coefficient (Wildman–Crippen LogP) is 2.13. The molecule has 0 fully saturated rings. The lowest BCUT2D eigenvalue weighted by Crippen LogP contribution is -2.31. The normalized spacial score (nSPS) is 11.6. The fraction of sp³-hybridized carbons (Fsp3) is 0.429. The molecule has 0 radical (unpaired) electrons. The lowest BCUT2D eigenvalue weighted by Gasteiger charge is -2.22. The number of hydrogen-bond donors (Lipinski definition) is 0. The first-order valence-corrected chi connectivity index (χ1v) is 8.34. The Morgan fingerprint density at radius 1 is 1.29 bits per heavy atom. The highest BCUT2D eigenvalue weighted by Crippen LogP contribution is 2.27. The van der Waals surface area contributed by atoms with Crippen molar-refractivity contribution in [2.45, 2.75) is 39.1 Å². The van der Waals surface area contributed by atoms with E-state index in [2.05, 4.69) is 10.1 Å². The second-order valence-electron chi connectivity index (χ2n) is 4.70. The molecular weight excluding hydrogens is 288 g/mol. The Morgan fingerprint density at radius 2 is 2.00 bits per heavy atom. The van der Waals surface area contributed by atoms with Crippen molar-refractivity contribution in [3.8, 4) is 0 Å². The van der Waals surface area contributed by atoms with Gasteiger partial charge in [-0.05, 0) is 39.8 Å². The van der Waals surface area contributed by atoms with E-state index in [0.29, 0.717) is 30.2 Å². The van der Waals surface area contributed by atoms with Crippen LogP contribution in [0.3, 0.4) is 0 Å². The van der Waals surface area contributed by atoms with Crippen LogP contribution in [0.25, 0.3) is 0 Å². The van der Waals surface area contributed by atoms with Crippen LogP contribution in [0, 0.1) is 13.8 Å². The highest BCUT2D eigenvalue weighted by Gasteiger charge is 2.30. The lowest BCUT2D eigenvalue weighted by molar-refractivity contribution is 0.589. The molecule has 0 saturated carbocycles. The number of sulfonamides is 1. The fourth-order valence-electron chi connectivity index (χ4n) is 2.46. The Balaban J connectivity index is 2.58. The molecule has 0 aliphatic carbocycles. The van der Waals surface area contributed by atoms with Crippen molar-refractivity contribution in [2.24, 2.45) is 0 Å². The van der Waals surface area contributed by atoms with Crippen LogP contribution in [0.4, 0.5) is 5.69 Å². The molecule has 0 atom stereocenters. The van der Waals surface area contributed by atoms with Crippen LogP contribution >= 0.6 is 0 Å². The summed E-state index contributed by atoms with van der Waals surface area (Å²) >= 11 is 0. The first-order chi connectivity index (χ1) is 9.93. The van der Waals surface area contributed by atoms with Crippen LogP contribution in [0.15, 0.2) is 29.4 Å². The molecule has 6 nitrogen and oxygen atoms in total. The number of aryl methyl sites for hydroxylation is 2. The third-order valence-electron chi connectivity index (χ3n) is 3.38. The number of pyridine rings is 1. The maximum atomic E-state index is 13.0. The number of aromatic nitrogens is 3. The molecule has 114 valence electrons. The third-order valence-corrected chi connectivity index (χ3v) is 5.54. The number of hydrogen-bond acceptors (Lipinski definition) is 4. The number of rotatable bonds is 5. The fourth-order valence-corrected chi connectivity index (χ4v) is 4.30. The summed E-state index contributed by atoms with van der Waals surface area (Å²) in [6.45, 7) is 8.23. The van der Waals surface area contributed by atoms with Gasteiger partial charge in [0.05, 0.1) is 23.3 Å². The van der Waals surface area contributed by atoms with Gasteiger partial charge in [0.25, 0.3) is 10.0 Å². The smallest absolute Gasteiger partial charge is 0.268 e. The molecule has 0 amide bonds. The van der Waals surface area contributed by atoms with Crippen LogP contribution in [0.1, 0.15) is 25.2 Å². The van der Waals surface area contributed by atoms with E-state index >= 15 is 0 Å². The summed E-state index contributed by atoms with van der Waals surface area (Å²) in [4.78, 5) is 4.29. The second-order valence-corrected chi connectivity index (χ2v) is 6.50. The van der Waals surface area contributed by atoms with E-state index in [9.17, 15) is 8.42 Å². The predicted molar refractivity (Wildman–Crippen MR) is 81.8 cm³/mol.